The van der Waals surface area contributed by atoms with E-state index in [-0.39, 0.29) is 11.4 Å². The SMILES string of the molecule is Cc1c(NC(=O)C(=Cc2ccccc2Cl)NC(=O)c2ccccc2)c(=O)n(-c2ccccc2)n1C. The zero-order valence-electron chi connectivity index (χ0n) is 19.2. The lowest BCUT2D eigenvalue weighted by atomic mass is 10.1. The van der Waals surface area contributed by atoms with E-state index < -0.39 is 17.4 Å². The van der Waals surface area contributed by atoms with Crippen LogP contribution in [-0.2, 0) is 11.8 Å². The maximum absolute atomic E-state index is 13.4. The number of nitrogens with one attached hydrogen (secondary N) is 2. The Hall–Kier alpha value is -4.36. The van der Waals surface area contributed by atoms with Gasteiger partial charge in [0.2, 0.25) is 0 Å². The molecule has 8 heteroatoms. The lowest BCUT2D eigenvalue weighted by Gasteiger charge is -2.11. The van der Waals surface area contributed by atoms with Gasteiger partial charge in [0.15, 0.2) is 0 Å². The fourth-order valence-corrected chi connectivity index (χ4v) is 3.77. The lowest BCUT2D eigenvalue weighted by Crippen LogP contribution is -2.32. The number of rotatable bonds is 6. The van der Waals surface area contributed by atoms with Gasteiger partial charge in [-0.05, 0) is 48.9 Å². The summed E-state index contributed by atoms with van der Waals surface area (Å²) in [5.74, 6) is -1.12. The minimum atomic E-state index is -0.653. The van der Waals surface area contributed by atoms with Crippen LogP contribution in [0.1, 0.15) is 21.6 Å². The minimum absolute atomic E-state index is 0.0548. The number of hydrogen-bond acceptors (Lipinski definition) is 3. The fourth-order valence-electron chi connectivity index (χ4n) is 3.58. The van der Waals surface area contributed by atoms with Gasteiger partial charge in [-0.2, -0.15) is 0 Å². The first-order valence-corrected chi connectivity index (χ1v) is 11.2. The van der Waals surface area contributed by atoms with E-state index in [0.717, 1.165) is 0 Å². The Morgan fingerprint density at radius 2 is 1.49 bits per heavy atom. The molecule has 0 atom stereocenters. The summed E-state index contributed by atoms with van der Waals surface area (Å²) >= 11 is 6.28. The van der Waals surface area contributed by atoms with Crippen LogP contribution in [0.15, 0.2) is 95.4 Å². The van der Waals surface area contributed by atoms with Crippen LogP contribution in [-0.4, -0.2) is 21.2 Å². The van der Waals surface area contributed by atoms with Crippen molar-refractivity contribution in [2.45, 2.75) is 6.92 Å². The van der Waals surface area contributed by atoms with Gasteiger partial charge >= 0.3 is 0 Å². The Balaban J connectivity index is 1.71. The lowest BCUT2D eigenvalue weighted by molar-refractivity contribution is -0.113. The van der Waals surface area contributed by atoms with E-state index >= 15 is 0 Å². The van der Waals surface area contributed by atoms with Gasteiger partial charge in [0.25, 0.3) is 17.4 Å². The molecule has 1 aromatic heterocycles. The van der Waals surface area contributed by atoms with Crippen LogP contribution >= 0.6 is 11.6 Å². The van der Waals surface area contributed by atoms with Crippen LogP contribution in [0.25, 0.3) is 11.8 Å². The highest BCUT2D eigenvalue weighted by Crippen LogP contribution is 2.19. The number of para-hydroxylation sites is 1. The van der Waals surface area contributed by atoms with Crippen molar-refractivity contribution in [1.29, 1.82) is 0 Å². The van der Waals surface area contributed by atoms with E-state index in [1.165, 1.54) is 10.8 Å². The monoisotopic (exact) mass is 486 g/mol. The van der Waals surface area contributed by atoms with Crippen molar-refractivity contribution in [3.8, 4) is 5.69 Å². The van der Waals surface area contributed by atoms with Gasteiger partial charge in [-0.15, -0.1) is 0 Å². The largest absolute Gasteiger partial charge is 0.317 e. The number of anilines is 1. The van der Waals surface area contributed by atoms with Crippen molar-refractivity contribution >= 4 is 35.2 Å². The summed E-state index contributed by atoms with van der Waals surface area (Å²) in [5.41, 5.74) is 1.80. The fraction of sp³-hybridized carbons (Fsp3) is 0.0741. The predicted molar refractivity (Wildman–Crippen MR) is 138 cm³/mol. The predicted octanol–water partition coefficient (Wildman–Crippen LogP) is 4.55. The van der Waals surface area contributed by atoms with Crippen LogP contribution < -0.4 is 16.2 Å². The molecule has 176 valence electrons. The van der Waals surface area contributed by atoms with Crippen LogP contribution in [0.4, 0.5) is 5.69 Å². The number of aromatic nitrogens is 2. The van der Waals surface area contributed by atoms with E-state index in [2.05, 4.69) is 10.6 Å². The van der Waals surface area contributed by atoms with Crippen molar-refractivity contribution in [2.75, 3.05) is 5.32 Å². The Kier molecular flexibility index (Phi) is 6.98. The number of nitrogens with zero attached hydrogens (tertiary/aromatic N) is 2. The Labute approximate surface area is 207 Å². The summed E-state index contributed by atoms with van der Waals surface area (Å²) in [4.78, 5) is 39.4. The topological polar surface area (TPSA) is 85.1 Å². The number of carbonyl (C=O) groups is 2. The molecule has 1 heterocycles. The third kappa shape index (κ3) is 5.10. The molecule has 2 amide bonds. The van der Waals surface area contributed by atoms with E-state index in [1.807, 2.05) is 18.2 Å². The smallest absolute Gasteiger partial charge is 0.295 e. The van der Waals surface area contributed by atoms with Crippen molar-refractivity contribution in [3.05, 3.63) is 123 Å². The third-order valence-corrected chi connectivity index (χ3v) is 5.87. The van der Waals surface area contributed by atoms with Crippen molar-refractivity contribution in [1.82, 2.24) is 14.7 Å². The number of benzene rings is 3. The molecule has 4 aromatic rings. The molecule has 0 aliphatic carbocycles. The van der Waals surface area contributed by atoms with E-state index in [9.17, 15) is 14.4 Å². The molecule has 0 spiro atoms. The van der Waals surface area contributed by atoms with Crippen molar-refractivity contribution < 1.29 is 9.59 Å². The highest BCUT2D eigenvalue weighted by molar-refractivity contribution is 6.32. The molecule has 0 saturated heterocycles. The Morgan fingerprint density at radius 3 is 2.14 bits per heavy atom. The summed E-state index contributed by atoms with van der Waals surface area (Å²) in [6.07, 6.45) is 1.48. The quantitative estimate of drug-likeness (QED) is 0.392. The second-order valence-corrected chi connectivity index (χ2v) is 8.20. The van der Waals surface area contributed by atoms with E-state index in [0.29, 0.717) is 27.5 Å². The molecule has 2 N–H and O–H groups in total. The molecule has 0 aliphatic rings. The van der Waals surface area contributed by atoms with Gasteiger partial charge < -0.3 is 10.6 Å². The number of hydrogen-bond donors (Lipinski definition) is 2. The summed E-state index contributed by atoms with van der Waals surface area (Å²) in [6.45, 7) is 1.73. The van der Waals surface area contributed by atoms with Gasteiger partial charge in [0.1, 0.15) is 11.4 Å². The van der Waals surface area contributed by atoms with Crippen molar-refractivity contribution in [3.63, 3.8) is 0 Å². The molecule has 35 heavy (non-hydrogen) atoms. The molecule has 0 unspecified atom stereocenters. The maximum Gasteiger partial charge on any atom is 0.295 e. The first kappa shape index (κ1) is 23.8. The molecular formula is C27H23ClN4O3. The van der Waals surface area contributed by atoms with Gasteiger partial charge in [0.05, 0.1) is 11.4 Å². The third-order valence-electron chi connectivity index (χ3n) is 5.53. The normalized spacial score (nSPS) is 11.2. The van der Waals surface area contributed by atoms with Crippen LogP contribution in [0.3, 0.4) is 0 Å². The molecule has 0 bridgehead atoms. The second kappa shape index (κ2) is 10.3. The molecule has 3 aromatic carbocycles. The maximum atomic E-state index is 13.4. The minimum Gasteiger partial charge on any atom is -0.317 e. The van der Waals surface area contributed by atoms with Gasteiger partial charge in [-0.3, -0.25) is 19.1 Å². The molecular weight excluding hydrogens is 464 g/mol. The van der Waals surface area contributed by atoms with E-state index in [1.54, 1.807) is 85.4 Å². The van der Waals surface area contributed by atoms with Crippen LogP contribution in [0.5, 0.6) is 0 Å². The second-order valence-electron chi connectivity index (χ2n) is 7.79. The summed E-state index contributed by atoms with van der Waals surface area (Å²) in [5, 5.41) is 5.76. The first-order chi connectivity index (χ1) is 16.9. The van der Waals surface area contributed by atoms with Gasteiger partial charge in [-0.1, -0.05) is 66.2 Å². The number of carbonyl (C=O) groups excluding carboxylic acids is 2. The summed E-state index contributed by atoms with van der Waals surface area (Å²) < 4.78 is 3.12. The molecule has 7 nitrogen and oxygen atoms in total. The Morgan fingerprint density at radius 1 is 0.886 bits per heavy atom. The zero-order valence-corrected chi connectivity index (χ0v) is 19.9. The average molecular weight is 487 g/mol. The van der Waals surface area contributed by atoms with E-state index in [4.69, 9.17) is 11.6 Å². The first-order valence-electron chi connectivity index (χ1n) is 10.8. The highest BCUT2D eigenvalue weighted by atomic mass is 35.5. The molecule has 4 rings (SSSR count). The van der Waals surface area contributed by atoms with Gasteiger partial charge in [0, 0.05) is 17.6 Å². The Bertz CT molecular complexity index is 1470. The van der Waals surface area contributed by atoms with Crippen molar-refractivity contribution in [2.24, 2.45) is 7.05 Å². The highest BCUT2D eigenvalue weighted by Gasteiger charge is 2.21. The van der Waals surface area contributed by atoms with Crippen LogP contribution in [0, 0.1) is 6.92 Å². The average Bonchev–Trinajstić information content (AvgIpc) is 3.08. The molecule has 0 fully saturated rings. The standard InChI is InChI=1S/C27H23ClN4O3/c1-18-24(27(35)32(31(18)2)21-14-7-4-8-15-21)30-26(34)23(17-20-13-9-10-16-22(20)28)29-25(33)19-11-5-3-6-12-19/h3-17H,1-2H3,(H,29,33)(H,30,34). The molecule has 0 radical (unpaired) electrons. The summed E-state index contributed by atoms with van der Waals surface area (Å²) in [7, 11) is 1.73. The summed E-state index contributed by atoms with van der Waals surface area (Å²) in [6, 6.07) is 24.6. The number of amides is 2. The molecule has 0 saturated carbocycles. The zero-order chi connectivity index (χ0) is 24.9. The molecule has 0 aliphatic heterocycles. The van der Waals surface area contributed by atoms with Gasteiger partial charge in [-0.25, -0.2) is 4.68 Å². The number of halogens is 1. The van der Waals surface area contributed by atoms with Crippen LogP contribution in [0.2, 0.25) is 5.02 Å².